The van der Waals surface area contributed by atoms with Gasteiger partial charge in [0, 0.05) is 125 Å². The number of fused-ring (bicyclic) bond motifs is 9. The van der Waals surface area contributed by atoms with Crippen molar-refractivity contribution in [2.75, 3.05) is 98.4 Å². The Bertz CT molecular complexity index is 4430. The maximum absolute atomic E-state index is 15.8. The number of H-pyrrole nitrogens is 3. The summed E-state index contributed by atoms with van der Waals surface area (Å²) in [6, 6.07) is 14.0. The number of nitrogens with zero attached hydrogens (tertiary/aromatic N) is 6. The van der Waals surface area contributed by atoms with Crippen LogP contribution in [0.4, 0.5) is 65.9 Å². The average Bonchev–Trinajstić information content (AvgIpc) is 1.69. The lowest BCUT2D eigenvalue weighted by atomic mass is 9.85. The van der Waals surface area contributed by atoms with Crippen molar-refractivity contribution in [2.24, 2.45) is 17.8 Å². The first-order valence-electron chi connectivity index (χ1n) is 40.4. The molecule has 0 bridgehead atoms. The van der Waals surface area contributed by atoms with Gasteiger partial charge in [-0.05, 0) is 167 Å². The summed E-state index contributed by atoms with van der Waals surface area (Å²) in [5, 5.41) is 61.9. The molecule has 30 heteroatoms. The summed E-state index contributed by atoms with van der Waals surface area (Å²) < 4.78 is 226. The first-order valence-corrected chi connectivity index (χ1v) is 40.4. The maximum Gasteiger partial charge on any atom is 0.283 e. The Morgan fingerprint density at radius 3 is 0.812 bits per heavy atom. The molecule has 3 saturated heterocycles. The molecule has 9 N–H and O–H groups in total. The number of likely N-dealkylation sites (tertiary alicyclic amines) is 3. The average molecular weight is 1650 g/mol. The smallest absolute Gasteiger partial charge is 0.283 e. The minimum Gasteiger partial charge on any atom is -0.390 e. The summed E-state index contributed by atoms with van der Waals surface area (Å²) >= 11 is 0. The van der Waals surface area contributed by atoms with Gasteiger partial charge < -0.3 is 60.3 Å². The van der Waals surface area contributed by atoms with Gasteiger partial charge in [0.15, 0.2) is 0 Å². The Labute approximate surface area is 669 Å². The number of hydrogen-bond acceptors (Lipinski definition) is 12. The Hall–Kier alpha value is -7.59. The summed E-state index contributed by atoms with van der Waals surface area (Å²) in [5.74, 6) is -18.6. The fourth-order valence-electron chi connectivity index (χ4n) is 18.3. The number of unbranched alkanes of at least 4 members (excludes halogenated alkanes) is 3. The van der Waals surface area contributed by atoms with Gasteiger partial charge in [-0.3, -0.25) is 14.7 Å². The van der Waals surface area contributed by atoms with E-state index in [2.05, 4.69) is 50.4 Å². The molecule has 117 heavy (non-hydrogen) atoms. The second-order valence-corrected chi connectivity index (χ2v) is 33.1. The highest BCUT2D eigenvalue weighted by Crippen LogP contribution is 2.50. The normalized spacial score (nSPS) is 21.8. The van der Waals surface area contributed by atoms with Crippen LogP contribution in [0.25, 0.3) is 32.7 Å². The lowest BCUT2D eigenvalue weighted by Crippen LogP contribution is -2.50. The second-order valence-electron chi connectivity index (χ2n) is 33.1. The highest BCUT2D eigenvalue weighted by atomic mass is 19.3. The van der Waals surface area contributed by atoms with E-state index in [0.717, 1.165) is 94.6 Å². The van der Waals surface area contributed by atoms with Crippen molar-refractivity contribution in [3.8, 4) is 0 Å². The summed E-state index contributed by atoms with van der Waals surface area (Å²) in [7, 11) is 0. The molecule has 6 aromatic carbocycles. The molecule has 6 aliphatic rings. The number of alkyl halides is 6. The van der Waals surface area contributed by atoms with Crippen LogP contribution >= 0.6 is 0 Å². The predicted octanol–water partition coefficient (Wildman–Crippen LogP) is 15.9. The van der Waals surface area contributed by atoms with Crippen molar-refractivity contribution in [2.45, 2.75) is 172 Å². The van der Waals surface area contributed by atoms with E-state index in [1.807, 2.05) is 0 Å². The molecular weight excluding hydrogens is 1550 g/mol. The SMILES string of the molecule is CCCCN1CC([C@@H](O)c2cc(F)c([C@@H]3c4[nH]c5c(F)cccc5c4C[C@@H](C)N3CC(F)(F)CO)c(F)c2)C1.CCCCN1CC([C@@H](O)c2cc(F)c([C@H]3c4[nH]c5c(F)cccc5c4C[C@H](C)N3CC(F)(F)CO)c(F)c2)C1.CCCCN1CC([C@H](O)c2cc(F)c([C@H]3c4[nH]c5c(F)cccc5c4C[C@H](C)N3CC(F)(F)CO)c(F)c2)C1. The van der Waals surface area contributed by atoms with Gasteiger partial charge >= 0.3 is 0 Å². The quantitative estimate of drug-likeness (QED) is 0.0222. The third-order valence-corrected chi connectivity index (χ3v) is 24.6. The predicted molar refractivity (Wildman–Crippen MR) is 414 cm³/mol. The van der Waals surface area contributed by atoms with Gasteiger partial charge in [0.25, 0.3) is 17.8 Å². The lowest BCUT2D eigenvalue weighted by molar-refractivity contribution is -0.0870. The molecule has 9 heterocycles. The molecule has 0 aliphatic carbocycles. The number of benzene rings is 6. The highest BCUT2D eigenvalue weighted by Gasteiger charge is 2.49. The second kappa shape index (κ2) is 35.6. The topological polar surface area (TPSA) is 188 Å². The zero-order valence-electron chi connectivity index (χ0n) is 66.1. The van der Waals surface area contributed by atoms with E-state index in [4.69, 9.17) is 0 Å². The molecule has 0 spiro atoms. The van der Waals surface area contributed by atoms with Crippen LogP contribution in [0.5, 0.6) is 0 Å². The summed E-state index contributed by atoms with van der Waals surface area (Å²) in [6.07, 6.45) is 3.77. The van der Waals surface area contributed by atoms with Crippen molar-refractivity contribution < 1.29 is 96.5 Å². The number of nitrogens with one attached hydrogen (secondary N) is 3. The van der Waals surface area contributed by atoms with Gasteiger partial charge in [0.1, 0.15) is 72.2 Å². The number of halogens is 15. The van der Waals surface area contributed by atoms with E-state index in [9.17, 15) is 70.2 Å². The zero-order valence-corrected chi connectivity index (χ0v) is 66.1. The van der Waals surface area contributed by atoms with Crippen LogP contribution in [-0.2, 0) is 19.3 Å². The number of para-hydroxylation sites is 3. The van der Waals surface area contributed by atoms with E-state index in [1.54, 1.807) is 39.0 Å². The van der Waals surface area contributed by atoms with Gasteiger partial charge in [0.05, 0.1) is 72.6 Å². The van der Waals surface area contributed by atoms with Crippen molar-refractivity contribution in [1.29, 1.82) is 0 Å². The van der Waals surface area contributed by atoms with Crippen molar-refractivity contribution in [3.05, 3.63) is 211 Å². The van der Waals surface area contributed by atoms with Crippen LogP contribution in [0, 0.1) is 70.1 Å². The van der Waals surface area contributed by atoms with Crippen molar-refractivity contribution in [3.63, 3.8) is 0 Å². The lowest BCUT2D eigenvalue weighted by Gasteiger charge is -2.43. The number of rotatable bonds is 27. The summed E-state index contributed by atoms with van der Waals surface area (Å²) in [4.78, 5) is 19.1. The van der Waals surface area contributed by atoms with Crippen LogP contribution in [-0.4, -0.2) is 209 Å². The van der Waals surface area contributed by atoms with Gasteiger partial charge in [-0.1, -0.05) is 76.4 Å². The molecule has 3 fully saturated rings. The van der Waals surface area contributed by atoms with Crippen molar-refractivity contribution >= 4 is 32.7 Å². The molecule has 0 radical (unpaired) electrons. The molecule has 6 aliphatic heterocycles. The standard InChI is InChI=1S/3C29H34F5N3O2/c3*1-3-4-8-36-12-18(13-36)28(39)17-10-22(31)24(23(32)11-17)27-26-20(19-6-5-7-21(30)25(19)35-26)9-16(2)37(27)14-29(33,34)15-38/h3*5-7,10-11,16,18,27-28,35,38-39H,3-4,8-9,12-15H2,1-2H3/t2*16-,27-,28+;16-,27-,28-/m100/s1. The molecule has 15 nitrogen and oxygen atoms in total. The first-order chi connectivity index (χ1) is 55.6. The van der Waals surface area contributed by atoms with Crippen LogP contribution in [0.3, 0.4) is 0 Å². The zero-order chi connectivity index (χ0) is 84.2. The van der Waals surface area contributed by atoms with Crippen LogP contribution < -0.4 is 0 Å². The molecule has 9 atom stereocenters. The molecule has 9 aromatic rings. The fraction of sp³-hybridized carbons (Fsp3) is 0.517. The number of hydrogen-bond donors (Lipinski definition) is 9. The third kappa shape index (κ3) is 17.8. The number of aromatic nitrogens is 3. The summed E-state index contributed by atoms with van der Waals surface area (Å²) in [5.41, 5.74) is 1.83. The summed E-state index contributed by atoms with van der Waals surface area (Å²) in [6.45, 7) is 10.6. The minimum absolute atomic E-state index is 0.0907. The van der Waals surface area contributed by atoms with Gasteiger partial charge in [-0.25, -0.2) is 65.9 Å². The highest BCUT2D eigenvalue weighted by molar-refractivity contribution is 5.88. The molecule has 0 unspecified atom stereocenters. The van der Waals surface area contributed by atoms with E-state index in [-0.39, 0.29) is 87.3 Å². The van der Waals surface area contributed by atoms with Gasteiger partial charge in [-0.15, -0.1) is 0 Å². The Morgan fingerprint density at radius 1 is 0.368 bits per heavy atom. The van der Waals surface area contributed by atoms with E-state index in [0.29, 0.717) is 72.1 Å². The number of aromatic amines is 3. The molecule has 3 aromatic heterocycles. The Morgan fingerprint density at radius 2 is 0.598 bits per heavy atom. The number of aliphatic hydroxyl groups excluding tert-OH is 6. The van der Waals surface area contributed by atoms with Crippen LogP contribution in [0.1, 0.15) is 184 Å². The van der Waals surface area contributed by atoms with Gasteiger partial charge in [-0.2, -0.15) is 0 Å². The molecule has 0 saturated carbocycles. The maximum atomic E-state index is 15.8. The first kappa shape index (κ1) is 87.2. The minimum atomic E-state index is -3.53. The molecule has 636 valence electrons. The van der Waals surface area contributed by atoms with E-state index < -0.39 is 181 Å². The van der Waals surface area contributed by atoms with Gasteiger partial charge in [0.2, 0.25) is 0 Å². The van der Waals surface area contributed by atoms with Crippen LogP contribution in [0.15, 0.2) is 91.0 Å². The third-order valence-electron chi connectivity index (χ3n) is 24.6. The van der Waals surface area contributed by atoms with Crippen LogP contribution in [0.2, 0.25) is 0 Å². The van der Waals surface area contributed by atoms with Crippen molar-refractivity contribution in [1.82, 2.24) is 44.4 Å². The largest absolute Gasteiger partial charge is 0.390 e. The Kier molecular flexibility index (Phi) is 26.6. The number of aliphatic hydroxyl groups is 6. The molecule has 15 rings (SSSR count). The monoisotopic (exact) mass is 1650 g/mol. The van der Waals surface area contributed by atoms with E-state index in [1.165, 1.54) is 51.1 Å². The fourth-order valence-corrected chi connectivity index (χ4v) is 18.3. The molecule has 0 amide bonds. The molecular formula is C87H102F15N9O6. The Balaban J connectivity index is 0.000000152. The van der Waals surface area contributed by atoms with E-state index >= 15 is 26.3 Å².